The minimum absolute atomic E-state index is 0.00182. The molecular weight excluding hydrogens is 819 g/mol. The second-order valence-electron chi connectivity index (χ2n) is 13.5. The Labute approximate surface area is 355 Å². The van der Waals surface area contributed by atoms with Crippen molar-refractivity contribution in [2.45, 2.75) is 52.9 Å². The van der Waals surface area contributed by atoms with Gasteiger partial charge in [-0.15, -0.1) is 0 Å². The third-order valence-corrected chi connectivity index (χ3v) is 10.5. The van der Waals surface area contributed by atoms with Crippen molar-refractivity contribution in [1.82, 2.24) is 29.7 Å². The van der Waals surface area contributed by atoms with Crippen LogP contribution < -0.4 is 25.8 Å². The van der Waals surface area contributed by atoms with Gasteiger partial charge >= 0.3 is 5.97 Å². The molecule has 0 unspecified atom stereocenters. The number of nitrogens with one attached hydrogen (secondary N) is 2. The summed E-state index contributed by atoms with van der Waals surface area (Å²) in [7, 11) is 3.11. The zero-order valence-corrected chi connectivity index (χ0v) is 35.3. The number of anilines is 4. The van der Waals surface area contributed by atoms with Crippen LogP contribution in [0.15, 0.2) is 73.3 Å². The first-order chi connectivity index (χ1) is 28.7. The molecule has 0 bridgehead atoms. The highest BCUT2D eigenvalue weighted by molar-refractivity contribution is 6.31. The molecule has 14 nitrogen and oxygen atoms in total. The van der Waals surface area contributed by atoms with Gasteiger partial charge in [-0.3, -0.25) is 19.4 Å². The number of amides is 1. The van der Waals surface area contributed by atoms with Gasteiger partial charge in [-0.25, -0.2) is 28.7 Å². The molecule has 316 valence electrons. The molecule has 2 heterocycles. The zero-order chi connectivity index (χ0) is 43.7. The number of carboxylic acids is 1. The van der Waals surface area contributed by atoms with E-state index >= 15 is 0 Å². The number of hydrogen-bond donors (Lipinski definition) is 4. The highest BCUT2D eigenvalue weighted by Gasteiger charge is 2.23. The van der Waals surface area contributed by atoms with Crippen LogP contribution in [0.5, 0.6) is 11.5 Å². The number of aliphatic carboxylic acids is 1. The molecule has 6 rings (SSSR count). The molecule has 4 aromatic carbocycles. The molecule has 60 heavy (non-hydrogen) atoms. The summed E-state index contributed by atoms with van der Waals surface area (Å²) < 4.78 is 39.7. The lowest BCUT2D eigenvalue weighted by Gasteiger charge is -2.26. The van der Waals surface area contributed by atoms with Gasteiger partial charge in [0.15, 0.2) is 11.6 Å². The lowest BCUT2D eigenvalue weighted by Crippen LogP contribution is -2.42. The Kier molecular flexibility index (Phi) is 15.3. The maximum Gasteiger partial charge on any atom is 0.320 e. The van der Waals surface area contributed by atoms with Crippen molar-refractivity contribution in [3.63, 3.8) is 0 Å². The number of benzene rings is 4. The van der Waals surface area contributed by atoms with Gasteiger partial charge in [-0.2, -0.15) is 0 Å². The van der Waals surface area contributed by atoms with Crippen molar-refractivity contribution in [1.29, 1.82) is 0 Å². The van der Waals surface area contributed by atoms with Crippen LogP contribution in [-0.4, -0.2) is 86.1 Å². The van der Waals surface area contributed by atoms with Gasteiger partial charge in [-0.05, 0) is 63.3 Å². The Hall–Kier alpha value is -5.94. The number of hydrogen-bond acceptors (Lipinski definition) is 12. The summed E-state index contributed by atoms with van der Waals surface area (Å²) in [5, 5.41) is 16.7. The molecule has 0 aliphatic rings. The molecule has 0 aliphatic heterocycles. The van der Waals surface area contributed by atoms with E-state index in [1.807, 2.05) is 30.9 Å². The Morgan fingerprint density at radius 3 is 1.52 bits per heavy atom. The van der Waals surface area contributed by atoms with Crippen LogP contribution >= 0.6 is 23.2 Å². The maximum absolute atomic E-state index is 14.4. The molecule has 2 aromatic heterocycles. The smallest absolute Gasteiger partial charge is 0.320 e. The van der Waals surface area contributed by atoms with Gasteiger partial charge in [0.1, 0.15) is 41.8 Å². The summed E-state index contributed by atoms with van der Waals surface area (Å²) in [5.41, 5.74) is 8.69. The second-order valence-corrected chi connectivity index (χ2v) is 14.3. The number of methoxy groups -OCH3 is 2. The minimum Gasteiger partial charge on any atom is -0.496 e. The normalized spacial score (nSPS) is 12.2. The van der Waals surface area contributed by atoms with Crippen molar-refractivity contribution in [2.24, 2.45) is 5.73 Å². The first kappa shape index (κ1) is 45.1. The van der Waals surface area contributed by atoms with Crippen molar-refractivity contribution >= 4 is 79.9 Å². The number of nitrogens with zero attached hydrogens (tertiary/aromatic N) is 6. The fourth-order valence-corrected chi connectivity index (χ4v) is 6.71. The fraction of sp³-hybridized carbons (Fsp3) is 0.286. The summed E-state index contributed by atoms with van der Waals surface area (Å²) in [6.45, 7) is 9.18. The number of ether oxygens (including phenoxy) is 2. The Balaban J connectivity index is 0.000000228. The fourth-order valence-electron chi connectivity index (χ4n) is 6.36. The molecule has 6 aromatic rings. The Morgan fingerprint density at radius 2 is 1.15 bits per heavy atom. The largest absolute Gasteiger partial charge is 0.496 e. The predicted octanol–water partition coefficient (Wildman–Crippen LogP) is 8.34. The number of aromatic nitrogens is 4. The predicted molar refractivity (Wildman–Crippen MR) is 229 cm³/mol. The van der Waals surface area contributed by atoms with Gasteiger partial charge in [0, 0.05) is 47.1 Å². The molecule has 2 atom stereocenters. The van der Waals surface area contributed by atoms with Gasteiger partial charge in [0.05, 0.1) is 52.7 Å². The molecule has 18 heteroatoms. The van der Waals surface area contributed by atoms with E-state index in [4.69, 9.17) is 38.4 Å². The second kappa shape index (κ2) is 20.4. The van der Waals surface area contributed by atoms with Crippen LogP contribution in [0.2, 0.25) is 10.0 Å². The van der Waals surface area contributed by atoms with Gasteiger partial charge in [0.2, 0.25) is 5.91 Å². The number of rotatable bonds is 16. The molecule has 0 saturated carbocycles. The number of carbonyl (C=O) groups excluding carboxylic acids is 1. The van der Waals surface area contributed by atoms with Crippen LogP contribution in [0.25, 0.3) is 21.8 Å². The number of fused-ring (bicyclic) bond motifs is 2. The highest BCUT2D eigenvalue weighted by Crippen LogP contribution is 2.34. The van der Waals surface area contributed by atoms with Crippen molar-refractivity contribution in [2.75, 3.05) is 37.9 Å². The first-order valence-electron chi connectivity index (χ1n) is 18.8. The van der Waals surface area contributed by atoms with Crippen LogP contribution in [0.4, 0.5) is 31.8 Å². The number of nitrogens with two attached hydrogens (primary N) is 1. The first-order valence-corrected chi connectivity index (χ1v) is 19.5. The molecule has 0 fully saturated rings. The van der Waals surface area contributed by atoms with E-state index in [9.17, 15) is 23.5 Å². The van der Waals surface area contributed by atoms with E-state index in [1.165, 1.54) is 24.8 Å². The molecule has 5 N–H and O–H groups in total. The van der Waals surface area contributed by atoms with Crippen molar-refractivity contribution in [3.8, 4) is 11.5 Å². The maximum atomic E-state index is 14.4. The van der Waals surface area contributed by atoms with Crippen LogP contribution in [-0.2, 0) is 22.7 Å². The molecule has 1 amide bonds. The van der Waals surface area contributed by atoms with Crippen LogP contribution in [0.3, 0.4) is 0 Å². The number of primary amides is 1. The van der Waals surface area contributed by atoms with Crippen molar-refractivity contribution in [3.05, 3.63) is 106 Å². The monoisotopic (exact) mass is 863 g/mol. The number of carboxylic acid groups (broad SMARTS) is 1. The summed E-state index contributed by atoms with van der Waals surface area (Å²) in [4.78, 5) is 43.9. The molecular formula is C42H45Cl2F2N9O5. The summed E-state index contributed by atoms with van der Waals surface area (Å²) in [6.07, 6.45) is 2.76. The van der Waals surface area contributed by atoms with E-state index in [1.54, 1.807) is 69.4 Å². The van der Waals surface area contributed by atoms with Crippen molar-refractivity contribution < 1.29 is 33.0 Å². The molecule has 0 radical (unpaired) electrons. The van der Waals surface area contributed by atoms with Gasteiger partial charge < -0.3 is 30.9 Å². The Morgan fingerprint density at radius 1 is 0.733 bits per heavy atom. The van der Waals surface area contributed by atoms with E-state index in [2.05, 4.69) is 30.6 Å². The van der Waals surface area contributed by atoms with Crippen LogP contribution in [0.1, 0.15) is 38.8 Å². The average molecular weight is 865 g/mol. The standard InChI is InChI=1S/C21H23ClFN5O2.C21H22ClFN4O3/c1-4-28(12(2)20(24)29)10-13-8-14-17(9-18(13)30-3)25-11-26-21(14)27-16-7-5-6-15(22)19(16)23;1-4-27(12(2)21(28)29)10-13-8-14-17(9-18(13)30-3)24-11-25-20(14)26-16-7-5-6-15(22)19(16)23/h5-9,11-12H,4,10H2,1-3H3,(H2,24,29)(H,25,26,27);5-9,11-12H,4,10H2,1-3H3,(H,28,29)(H,24,25,26)/t2*12-/m00/s1. The number of carbonyl (C=O) groups is 2. The van der Waals surface area contributed by atoms with E-state index in [-0.39, 0.29) is 21.4 Å². The quantitative estimate of drug-likeness (QED) is 0.0730. The average Bonchev–Trinajstić information content (AvgIpc) is 3.24. The minimum atomic E-state index is -0.904. The zero-order valence-electron chi connectivity index (χ0n) is 33.8. The molecule has 0 spiro atoms. The Bertz CT molecular complexity index is 2330. The van der Waals surface area contributed by atoms with Crippen LogP contribution in [0, 0.1) is 11.6 Å². The summed E-state index contributed by atoms with van der Waals surface area (Å²) in [5.74, 6) is -0.416. The summed E-state index contributed by atoms with van der Waals surface area (Å²) >= 11 is 11.8. The van der Waals surface area contributed by atoms with E-state index < -0.39 is 35.6 Å². The molecule has 0 aliphatic carbocycles. The molecule has 0 saturated heterocycles. The number of likely N-dealkylation sites (N-methyl/N-ethyl adjacent to an activating group) is 2. The number of halogens is 4. The van der Waals surface area contributed by atoms with E-state index in [0.717, 1.165) is 11.1 Å². The van der Waals surface area contributed by atoms with Gasteiger partial charge in [0.25, 0.3) is 0 Å². The third kappa shape index (κ3) is 10.4. The van der Waals surface area contributed by atoms with Gasteiger partial charge in [-0.1, -0.05) is 49.2 Å². The SMILES string of the molecule is CCN(Cc1cc2c(Nc3cccc(Cl)c3F)ncnc2cc1OC)[C@@H](C)C(=O)O.CCN(Cc1cc2c(Nc3cccc(Cl)c3F)ncnc2cc1OC)[C@@H](C)C(N)=O. The topological polar surface area (TPSA) is 181 Å². The third-order valence-electron chi connectivity index (χ3n) is 9.91. The lowest BCUT2D eigenvalue weighted by molar-refractivity contribution is -0.142. The van der Waals surface area contributed by atoms with E-state index in [0.29, 0.717) is 71.1 Å². The highest BCUT2D eigenvalue weighted by atomic mass is 35.5. The lowest BCUT2D eigenvalue weighted by atomic mass is 10.1. The summed E-state index contributed by atoms with van der Waals surface area (Å²) in [6, 6.07) is 15.5.